The van der Waals surface area contributed by atoms with Crippen LogP contribution in [0.4, 0.5) is 5.69 Å². The van der Waals surface area contributed by atoms with E-state index in [2.05, 4.69) is 15.3 Å². The molecule has 2 aromatic carbocycles. The number of hydrogen-bond donors (Lipinski definition) is 1. The van der Waals surface area contributed by atoms with E-state index >= 15 is 0 Å². The van der Waals surface area contributed by atoms with E-state index in [9.17, 15) is 9.59 Å². The maximum atomic E-state index is 12.9. The second kappa shape index (κ2) is 8.28. The van der Waals surface area contributed by atoms with Gasteiger partial charge in [0.05, 0.1) is 0 Å². The van der Waals surface area contributed by atoms with Crippen molar-refractivity contribution in [1.29, 1.82) is 0 Å². The van der Waals surface area contributed by atoms with Crippen LogP contribution in [0.5, 0.6) is 0 Å². The van der Waals surface area contributed by atoms with Crippen molar-refractivity contribution in [1.82, 2.24) is 9.97 Å². The summed E-state index contributed by atoms with van der Waals surface area (Å²) in [5, 5.41) is 4.35. The Morgan fingerprint density at radius 2 is 1.72 bits per heavy atom. The molecule has 1 amide bonds. The van der Waals surface area contributed by atoms with Crippen molar-refractivity contribution >= 4 is 40.1 Å². The number of aromatic nitrogens is 2. The summed E-state index contributed by atoms with van der Waals surface area (Å²) in [5.74, 6) is 0.377. The van der Waals surface area contributed by atoms with Crippen molar-refractivity contribution < 1.29 is 14.0 Å². The smallest absolute Gasteiger partial charge is 0.291 e. The number of hydrogen-bond acceptors (Lipinski definition) is 6. The summed E-state index contributed by atoms with van der Waals surface area (Å²) in [4.78, 5) is 32.8. The van der Waals surface area contributed by atoms with Gasteiger partial charge in [-0.1, -0.05) is 30.0 Å². The Kier molecular flexibility index (Phi) is 5.39. The lowest BCUT2D eigenvalue weighted by atomic mass is 10.1. The van der Waals surface area contributed by atoms with E-state index in [1.807, 2.05) is 24.3 Å². The normalized spacial score (nSPS) is 10.8. The second-order valence-corrected chi connectivity index (χ2v) is 7.26. The fourth-order valence-electron chi connectivity index (χ4n) is 2.90. The number of nitrogens with zero attached hydrogens (tertiary/aromatic N) is 2. The lowest BCUT2D eigenvalue weighted by Crippen LogP contribution is -2.13. The fraction of sp³-hybridized carbons (Fsp3) is 0.0909. The number of thioether (sulfide) groups is 1. The SMILES string of the molecule is CC(=O)c1ccc(NC(=O)c2oc3ccccc3c2CSc2ncccn2)cc1. The molecule has 144 valence electrons. The molecule has 0 aliphatic carbocycles. The quantitative estimate of drug-likeness (QED) is 0.278. The molecule has 2 aromatic heterocycles. The molecule has 0 saturated carbocycles. The van der Waals surface area contributed by atoms with Crippen LogP contribution in [0, 0.1) is 0 Å². The summed E-state index contributed by atoms with van der Waals surface area (Å²) in [6.45, 7) is 1.50. The third-order valence-electron chi connectivity index (χ3n) is 4.34. The molecule has 7 heteroatoms. The minimum atomic E-state index is -0.346. The van der Waals surface area contributed by atoms with Gasteiger partial charge in [-0.25, -0.2) is 9.97 Å². The first kappa shape index (κ1) is 18.9. The number of fused-ring (bicyclic) bond motifs is 1. The first-order chi connectivity index (χ1) is 14.1. The van der Waals surface area contributed by atoms with Crippen molar-refractivity contribution in [2.24, 2.45) is 0 Å². The van der Waals surface area contributed by atoms with Crippen LogP contribution >= 0.6 is 11.8 Å². The number of furan rings is 1. The predicted octanol–water partition coefficient (Wildman–Crippen LogP) is 4.97. The highest BCUT2D eigenvalue weighted by Crippen LogP contribution is 2.31. The minimum absolute atomic E-state index is 0.0254. The first-order valence-electron chi connectivity index (χ1n) is 8.94. The van der Waals surface area contributed by atoms with Crippen LogP contribution < -0.4 is 5.32 Å². The van der Waals surface area contributed by atoms with Gasteiger partial charge in [-0.15, -0.1) is 0 Å². The topological polar surface area (TPSA) is 85.1 Å². The Morgan fingerprint density at radius 3 is 2.45 bits per heavy atom. The van der Waals surface area contributed by atoms with Gasteiger partial charge in [0.15, 0.2) is 16.7 Å². The van der Waals surface area contributed by atoms with Crippen molar-refractivity contribution in [3.8, 4) is 0 Å². The summed E-state index contributed by atoms with van der Waals surface area (Å²) in [5.41, 5.74) is 2.61. The molecular formula is C22H17N3O3S. The molecule has 2 heterocycles. The van der Waals surface area contributed by atoms with E-state index < -0.39 is 0 Å². The molecule has 0 bridgehead atoms. The number of rotatable bonds is 6. The van der Waals surface area contributed by atoms with Crippen molar-refractivity contribution in [3.63, 3.8) is 0 Å². The predicted molar refractivity (Wildman–Crippen MR) is 112 cm³/mol. The number of anilines is 1. The van der Waals surface area contributed by atoms with Gasteiger partial charge in [-0.05, 0) is 43.3 Å². The number of carbonyl (C=O) groups is 2. The van der Waals surface area contributed by atoms with Gasteiger partial charge in [0.1, 0.15) is 5.58 Å². The van der Waals surface area contributed by atoms with Gasteiger partial charge in [-0.2, -0.15) is 0 Å². The zero-order chi connectivity index (χ0) is 20.2. The largest absolute Gasteiger partial charge is 0.451 e. The van der Waals surface area contributed by atoms with Gasteiger partial charge in [-0.3, -0.25) is 9.59 Å². The van der Waals surface area contributed by atoms with Crippen LogP contribution in [-0.2, 0) is 5.75 Å². The van der Waals surface area contributed by atoms with Crippen LogP contribution in [-0.4, -0.2) is 21.7 Å². The molecule has 0 aliphatic rings. The third kappa shape index (κ3) is 4.20. The fourth-order valence-corrected chi connectivity index (χ4v) is 3.73. The highest BCUT2D eigenvalue weighted by molar-refractivity contribution is 7.98. The number of nitrogens with one attached hydrogen (secondary N) is 1. The van der Waals surface area contributed by atoms with Gasteiger partial charge < -0.3 is 9.73 Å². The molecule has 0 spiro atoms. The lowest BCUT2D eigenvalue weighted by molar-refractivity contribution is 0.0995. The number of benzene rings is 2. The van der Waals surface area contributed by atoms with Crippen molar-refractivity contribution in [2.45, 2.75) is 17.8 Å². The molecule has 6 nitrogen and oxygen atoms in total. The van der Waals surface area contributed by atoms with Gasteiger partial charge in [0.2, 0.25) is 0 Å². The Balaban J connectivity index is 1.61. The maximum absolute atomic E-state index is 12.9. The Morgan fingerprint density at radius 1 is 1.00 bits per heavy atom. The lowest BCUT2D eigenvalue weighted by Gasteiger charge is -2.06. The highest BCUT2D eigenvalue weighted by atomic mass is 32.2. The van der Waals surface area contributed by atoms with E-state index in [0.29, 0.717) is 27.7 Å². The number of para-hydroxylation sites is 1. The van der Waals surface area contributed by atoms with Crippen molar-refractivity contribution in [2.75, 3.05) is 5.32 Å². The van der Waals surface area contributed by atoms with Gasteiger partial charge in [0.25, 0.3) is 5.91 Å². The molecule has 0 aliphatic heterocycles. The second-order valence-electron chi connectivity index (χ2n) is 6.31. The van der Waals surface area contributed by atoms with Crippen LogP contribution in [0.3, 0.4) is 0 Å². The summed E-state index contributed by atoms with van der Waals surface area (Å²) in [6, 6.07) is 16.1. The molecule has 1 N–H and O–H groups in total. The highest BCUT2D eigenvalue weighted by Gasteiger charge is 2.21. The Hall–Kier alpha value is -3.45. The molecule has 4 aromatic rings. The van der Waals surface area contributed by atoms with Gasteiger partial charge in [0, 0.05) is 40.3 Å². The van der Waals surface area contributed by atoms with Crippen LogP contribution in [0.15, 0.2) is 76.6 Å². The standard InChI is InChI=1S/C22H17N3O3S/c1-14(26)15-7-9-16(10-8-15)25-21(27)20-18(13-29-22-23-11-4-12-24-22)17-5-2-3-6-19(17)28-20/h2-12H,13H2,1H3,(H,25,27). The van der Waals surface area contributed by atoms with E-state index in [0.717, 1.165) is 10.9 Å². The van der Waals surface area contributed by atoms with E-state index in [4.69, 9.17) is 4.42 Å². The van der Waals surface area contributed by atoms with Gasteiger partial charge >= 0.3 is 0 Å². The van der Waals surface area contributed by atoms with Crippen LogP contribution in [0.2, 0.25) is 0 Å². The number of Topliss-reactive ketones (excluding diaryl/α,β-unsaturated/α-hetero) is 1. The van der Waals surface area contributed by atoms with E-state index in [-0.39, 0.29) is 17.5 Å². The van der Waals surface area contributed by atoms with E-state index in [1.54, 1.807) is 42.7 Å². The minimum Gasteiger partial charge on any atom is -0.451 e. The Bertz CT molecular complexity index is 1170. The third-order valence-corrected chi connectivity index (χ3v) is 5.24. The van der Waals surface area contributed by atoms with Crippen LogP contribution in [0.25, 0.3) is 11.0 Å². The zero-order valence-electron chi connectivity index (χ0n) is 15.6. The summed E-state index contributed by atoms with van der Waals surface area (Å²) < 4.78 is 5.86. The maximum Gasteiger partial charge on any atom is 0.291 e. The molecule has 0 atom stereocenters. The molecule has 0 radical (unpaired) electrons. The number of amides is 1. The summed E-state index contributed by atoms with van der Waals surface area (Å²) in [7, 11) is 0. The van der Waals surface area contributed by atoms with Crippen LogP contribution in [0.1, 0.15) is 33.4 Å². The number of carbonyl (C=O) groups excluding carboxylic acids is 2. The summed E-state index contributed by atoms with van der Waals surface area (Å²) >= 11 is 1.44. The number of ketones is 1. The van der Waals surface area contributed by atoms with Crippen molar-refractivity contribution in [3.05, 3.63) is 83.9 Å². The molecular weight excluding hydrogens is 386 g/mol. The molecule has 29 heavy (non-hydrogen) atoms. The molecule has 0 fully saturated rings. The average molecular weight is 403 g/mol. The summed E-state index contributed by atoms with van der Waals surface area (Å²) in [6.07, 6.45) is 3.36. The molecule has 0 saturated heterocycles. The van der Waals surface area contributed by atoms with E-state index in [1.165, 1.54) is 18.7 Å². The zero-order valence-corrected chi connectivity index (χ0v) is 16.4. The first-order valence-corrected chi connectivity index (χ1v) is 9.93. The average Bonchev–Trinajstić information content (AvgIpc) is 3.12. The molecule has 0 unspecified atom stereocenters. The Labute approximate surface area is 171 Å². The monoisotopic (exact) mass is 403 g/mol. The molecule has 4 rings (SSSR count).